The number of rotatable bonds is 4. The van der Waals surface area contributed by atoms with Gasteiger partial charge in [0, 0.05) is 6.07 Å². The summed E-state index contributed by atoms with van der Waals surface area (Å²) in [5.74, 6) is 0.0225. The Morgan fingerprint density at radius 2 is 2.18 bits per heavy atom. The standard InChI is InChI=1S/C10H15ClN4O2/c1-5(2)8(12)9(16)15-10-13-6(11)4-7(14-10)17-3/h4-5,8H,12H2,1-3H3,(H,13,14,15,16). The van der Waals surface area contributed by atoms with E-state index < -0.39 is 6.04 Å². The van der Waals surface area contributed by atoms with Crippen LogP contribution in [0.15, 0.2) is 6.07 Å². The third kappa shape index (κ3) is 3.83. The van der Waals surface area contributed by atoms with Crippen LogP contribution in [0.3, 0.4) is 0 Å². The number of aromatic nitrogens is 2. The van der Waals surface area contributed by atoms with Gasteiger partial charge in [0.15, 0.2) is 0 Å². The fourth-order valence-corrected chi connectivity index (χ4v) is 1.23. The second-order valence-corrected chi connectivity index (χ2v) is 4.20. The Bertz CT molecular complexity index is 411. The summed E-state index contributed by atoms with van der Waals surface area (Å²) in [7, 11) is 1.45. The molecule has 1 aromatic heterocycles. The maximum Gasteiger partial charge on any atom is 0.243 e. The van der Waals surface area contributed by atoms with Crippen molar-refractivity contribution in [1.29, 1.82) is 0 Å². The molecule has 3 N–H and O–H groups in total. The molecule has 0 spiro atoms. The summed E-state index contributed by atoms with van der Waals surface area (Å²) in [6.45, 7) is 3.70. The largest absolute Gasteiger partial charge is 0.481 e. The van der Waals surface area contributed by atoms with Crippen molar-refractivity contribution < 1.29 is 9.53 Å². The first-order valence-corrected chi connectivity index (χ1v) is 5.47. The average Bonchev–Trinajstić information content (AvgIpc) is 2.26. The molecule has 1 unspecified atom stereocenters. The normalized spacial score (nSPS) is 12.4. The van der Waals surface area contributed by atoms with E-state index in [0.29, 0.717) is 0 Å². The zero-order chi connectivity index (χ0) is 13.0. The van der Waals surface area contributed by atoms with Crippen molar-refractivity contribution in [1.82, 2.24) is 9.97 Å². The summed E-state index contributed by atoms with van der Waals surface area (Å²) in [5, 5.41) is 2.67. The number of hydrogen-bond donors (Lipinski definition) is 2. The SMILES string of the molecule is COc1cc(Cl)nc(NC(=O)C(N)C(C)C)n1. The van der Waals surface area contributed by atoms with Crippen molar-refractivity contribution in [2.24, 2.45) is 11.7 Å². The Morgan fingerprint density at radius 3 is 2.71 bits per heavy atom. The third-order valence-corrected chi connectivity index (χ3v) is 2.33. The average molecular weight is 259 g/mol. The van der Waals surface area contributed by atoms with Crippen LogP contribution in [0.25, 0.3) is 0 Å². The van der Waals surface area contributed by atoms with E-state index >= 15 is 0 Å². The van der Waals surface area contributed by atoms with Crippen LogP contribution in [0.5, 0.6) is 5.88 Å². The number of nitrogens with zero attached hydrogens (tertiary/aromatic N) is 2. The van der Waals surface area contributed by atoms with Gasteiger partial charge in [-0.2, -0.15) is 4.98 Å². The Kier molecular flexibility index (Phi) is 4.65. The molecule has 0 fully saturated rings. The van der Waals surface area contributed by atoms with Gasteiger partial charge < -0.3 is 10.5 Å². The molecule has 1 aromatic rings. The second kappa shape index (κ2) is 5.79. The lowest BCUT2D eigenvalue weighted by molar-refractivity contribution is -0.118. The molecule has 0 saturated carbocycles. The molecule has 1 atom stereocenters. The molecule has 6 nitrogen and oxygen atoms in total. The van der Waals surface area contributed by atoms with Gasteiger partial charge in [-0.1, -0.05) is 25.4 Å². The molecule has 0 bridgehead atoms. The van der Waals surface area contributed by atoms with Crippen LogP contribution in [0.4, 0.5) is 5.95 Å². The number of nitrogens with one attached hydrogen (secondary N) is 1. The number of carbonyl (C=O) groups is 1. The van der Waals surface area contributed by atoms with E-state index in [1.54, 1.807) is 0 Å². The quantitative estimate of drug-likeness (QED) is 0.788. The number of ether oxygens (including phenoxy) is 1. The molecule has 1 heterocycles. The third-order valence-electron chi connectivity index (χ3n) is 2.14. The van der Waals surface area contributed by atoms with Crippen LogP contribution >= 0.6 is 11.6 Å². The molecule has 0 aliphatic rings. The molecule has 94 valence electrons. The molecule has 0 aliphatic heterocycles. The Hall–Kier alpha value is -1.40. The number of amides is 1. The summed E-state index contributed by atoms with van der Waals surface area (Å²) < 4.78 is 4.91. The predicted molar refractivity (Wildman–Crippen MR) is 65.0 cm³/mol. The molecule has 0 radical (unpaired) electrons. The molecule has 7 heteroatoms. The second-order valence-electron chi connectivity index (χ2n) is 3.82. The number of methoxy groups -OCH3 is 1. The van der Waals surface area contributed by atoms with Gasteiger partial charge in [0.1, 0.15) is 5.15 Å². The van der Waals surface area contributed by atoms with Crippen LogP contribution in [-0.2, 0) is 4.79 Å². The first-order valence-electron chi connectivity index (χ1n) is 5.09. The maximum absolute atomic E-state index is 11.7. The molecule has 0 aliphatic carbocycles. The summed E-state index contributed by atoms with van der Waals surface area (Å²) in [4.78, 5) is 19.4. The monoisotopic (exact) mass is 258 g/mol. The lowest BCUT2D eigenvalue weighted by Crippen LogP contribution is -2.40. The van der Waals surface area contributed by atoms with E-state index in [-0.39, 0.29) is 28.8 Å². The van der Waals surface area contributed by atoms with Crippen LogP contribution in [0, 0.1) is 5.92 Å². The summed E-state index contributed by atoms with van der Waals surface area (Å²) in [5.41, 5.74) is 5.68. The number of nitrogens with two attached hydrogens (primary N) is 1. The molecule has 1 amide bonds. The van der Waals surface area contributed by atoms with Crippen LogP contribution in [0.2, 0.25) is 5.15 Å². The highest BCUT2D eigenvalue weighted by atomic mass is 35.5. The van der Waals surface area contributed by atoms with Gasteiger partial charge in [-0.05, 0) is 5.92 Å². The van der Waals surface area contributed by atoms with Gasteiger partial charge in [-0.25, -0.2) is 4.98 Å². The summed E-state index contributed by atoms with van der Waals surface area (Å²) >= 11 is 5.74. The Morgan fingerprint density at radius 1 is 1.53 bits per heavy atom. The Labute approximate surface area is 105 Å². The molecule has 17 heavy (non-hydrogen) atoms. The molecular weight excluding hydrogens is 244 g/mol. The predicted octanol–water partition coefficient (Wildman–Crippen LogP) is 1.06. The van der Waals surface area contributed by atoms with Crippen molar-refractivity contribution in [3.05, 3.63) is 11.2 Å². The van der Waals surface area contributed by atoms with Crippen molar-refractivity contribution in [2.45, 2.75) is 19.9 Å². The van der Waals surface area contributed by atoms with Crippen LogP contribution in [0.1, 0.15) is 13.8 Å². The van der Waals surface area contributed by atoms with Gasteiger partial charge >= 0.3 is 0 Å². The van der Waals surface area contributed by atoms with E-state index in [1.807, 2.05) is 13.8 Å². The van der Waals surface area contributed by atoms with E-state index in [1.165, 1.54) is 13.2 Å². The zero-order valence-electron chi connectivity index (χ0n) is 9.90. The van der Waals surface area contributed by atoms with Gasteiger partial charge in [0.05, 0.1) is 13.2 Å². The van der Waals surface area contributed by atoms with E-state index in [0.717, 1.165) is 0 Å². The minimum Gasteiger partial charge on any atom is -0.481 e. The van der Waals surface area contributed by atoms with Crippen molar-refractivity contribution in [2.75, 3.05) is 12.4 Å². The highest BCUT2D eigenvalue weighted by molar-refractivity contribution is 6.29. The van der Waals surface area contributed by atoms with Gasteiger partial charge in [-0.3, -0.25) is 10.1 Å². The van der Waals surface area contributed by atoms with Crippen LogP contribution < -0.4 is 15.8 Å². The van der Waals surface area contributed by atoms with Crippen LogP contribution in [-0.4, -0.2) is 29.0 Å². The smallest absolute Gasteiger partial charge is 0.243 e. The minimum absolute atomic E-state index is 0.0241. The van der Waals surface area contributed by atoms with Crippen molar-refractivity contribution in [3.63, 3.8) is 0 Å². The van der Waals surface area contributed by atoms with Crippen molar-refractivity contribution in [3.8, 4) is 5.88 Å². The number of hydrogen-bond acceptors (Lipinski definition) is 5. The minimum atomic E-state index is -0.622. The lowest BCUT2D eigenvalue weighted by atomic mass is 10.1. The molecule has 0 saturated heterocycles. The number of carbonyl (C=O) groups excluding carboxylic acids is 1. The fourth-order valence-electron chi connectivity index (χ4n) is 1.05. The molecule has 0 aromatic carbocycles. The van der Waals surface area contributed by atoms with E-state index in [2.05, 4.69) is 15.3 Å². The number of halogens is 1. The highest BCUT2D eigenvalue weighted by Crippen LogP contribution is 2.16. The lowest BCUT2D eigenvalue weighted by Gasteiger charge is -2.14. The zero-order valence-corrected chi connectivity index (χ0v) is 10.7. The first-order chi connectivity index (χ1) is 7.93. The number of anilines is 1. The van der Waals surface area contributed by atoms with E-state index in [9.17, 15) is 4.79 Å². The highest BCUT2D eigenvalue weighted by Gasteiger charge is 2.18. The fraction of sp³-hybridized carbons (Fsp3) is 0.500. The summed E-state index contributed by atoms with van der Waals surface area (Å²) in [6, 6.07) is 0.822. The van der Waals surface area contributed by atoms with E-state index in [4.69, 9.17) is 22.1 Å². The van der Waals surface area contributed by atoms with Gasteiger partial charge in [0.2, 0.25) is 17.7 Å². The van der Waals surface area contributed by atoms with Crippen molar-refractivity contribution >= 4 is 23.5 Å². The summed E-state index contributed by atoms with van der Waals surface area (Å²) in [6.07, 6.45) is 0. The van der Waals surface area contributed by atoms with Gasteiger partial charge in [-0.15, -0.1) is 0 Å². The molecule has 1 rings (SSSR count). The van der Waals surface area contributed by atoms with Gasteiger partial charge in [0.25, 0.3) is 0 Å². The maximum atomic E-state index is 11.7. The molecular formula is C10H15ClN4O2. The Balaban J connectivity index is 2.81. The topological polar surface area (TPSA) is 90.1 Å². The first kappa shape index (κ1) is 13.7.